The lowest BCUT2D eigenvalue weighted by Crippen LogP contribution is -2.36. The molecular formula is C15H24N2O2S2. The van der Waals surface area contributed by atoms with E-state index in [4.69, 9.17) is 0 Å². The van der Waals surface area contributed by atoms with Crippen LogP contribution in [0.5, 0.6) is 0 Å². The van der Waals surface area contributed by atoms with E-state index in [1.807, 2.05) is 30.8 Å². The molecule has 118 valence electrons. The lowest BCUT2D eigenvalue weighted by Gasteiger charge is -2.22. The second-order valence-corrected chi connectivity index (χ2v) is 9.10. The minimum absolute atomic E-state index is 0.0397. The third-order valence-corrected chi connectivity index (χ3v) is 6.70. The fraction of sp³-hybridized carbons (Fsp3) is 0.600. The van der Waals surface area contributed by atoms with Crippen LogP contribution in [0.1, 0.15) is 32.3 Å². The van der Waals surface area contributed by atoms with E-state index in [9.17, 15) is 8.42 Å². The van der Waals surface area contributed by atoms with Gasteiger partial charge in [-0.3, -0.25) is 0 Å². The van der Waals surface area contributed by atoms with Gasteiger partial charge in [0.1, 0.15) is 0 Å². The first-order valence-corrected chi connectivity index (χ1v) is 9.85. The predicted octanol–water partition coefficient (Wildman–Crippen LogP) is 2.36. The van der Waals surface area contributed by atoms with Gasteiger partial charge in [-0.15, -0.1) is 0 Å². The van der Waals surface area contributed by atoms with Crippen LogP contribution < -0.4 is 10.0 Å². The smallest absolute Gasteiger partial charge is 0.240 e. The van der Waals surface area contributed by atoms with Crippen molar-refractivity contribution in [3.8, 4) is 0 Å². The van der Waals surface area contributed by atoms with Crippen LogP contribution in [-0.2, 0) is 16.6 Å². The monoisotopic (exact) mass is 328 g/mol. The molecule has 0 saturated carbocycles. The van der Waals surface area contributed by atoms with Gasteiger partial charge in [-0.05, 0) is 49.8 Å². The summed E-state index contributed by atoms with van der Waals surface area (Å²) < 4.78 is 27.4. The van der Waals surface area contributed by atoms with Crippen LogP contribution in [0.15, 0.2) is 29.2 Å². The Morgan fingerprint density at radius 1 is 1.29 bits per heavy atom. The Hall–Kier alpha value is -0.560. The zero-order valence-electron chi connectivity index (χ0n) is 12.7. The summed E-state index contributed by atoms with van der Waals surface area (Å²) in [6, 6.07) is 7.09. The second-order valence-electron chi connectivity index (χ2n) is 5.65. The minimum atomic E-state index is -3.41. The van der Waals surface area contributed by atoms with Crippen molar-refractivity contribution in [2.75, 3.05) is 18.8 Å². The molecule has 1 heterocycles. The van der Waals surface area contributed by atoms with Gasteiger partial charge in [0, 0.05) is 17.8 Å². The summed E-state index contributed by atoms with van der Waals surface area (Å²) in [7, 11) is -3.41. The molecule has 1 aliphatic rings. The van der Waals surface area contributed by atoms with Crippen molar-refractivity contribution in [1.82, 2.24) is 10.0 Å². The van der Waals surface area contributed by atoms with Gasteiger partial charge < -0.3 is 5.32 Å². The van der Waals surface area contributed by atoms with Crippen LogP contribution in [0, 0.1) is 0 Å². The molecule has 21 heavy (non-hydrogen) atoms. The standard InChI is InChI=1S/C15H24N2O2S2/c1-3-16-11-13-5-7-14(8-6-13)21(18,19)17-12-15(2)9-4-10-20-15/h5-8,16-17H,3-4,9-12H2,1-2H3. The largest absolute Gasteiger partial charge is 0.313 e. The third kappa shape index (κ3) is 4.71. The molecule has 2 N–H and O–H groups in total. The Kier molecular flexibility index (Phi) is 5.71. The molecule has 4 nitrogen and oxygen atoms in total. The molecule has 0 aromatic heterocycles. The highest BCUT2D eigenvalue weighted by molar-refractivity contribution is 8.01. The number of rotatable bonds is 7. The number of nitrogens with one attached hydrogen (secondary N) is 2. The van der Waals surface area contributed by atoms with Crippen LogP contribution in [0.25, 0.3) is 0 Å². The Labute approximate surface area is 132 Å². The van der Waals surface area contributed by atoms with E-state index in [2.05, 4.69) is 17.0 Å². The van der Waals surface area contributed by atoms with E-state index < -0.39 is 10.0 Å². The number of thioether (sulfide) groups is 1. The maximum atomic E-state index is 12.3. The first kappa shape index (κ1) is 16.8. The molecule has 0 bridgehead atoms. The van der Waals surface area contributed by atoms with E-state index in [0.29, 0.717) is 11.4 Å². The lowest BCUT2D eigenvalue weighted by atomic mass is 10.1. The second kappa shape index (κ2) is 7.13. The summed E-state index contributed by atoms with van der Waals surface area (Å²) in [4.78, 5) is 0.342. The lowest BCUT2D eigenvalue weighted by molar-refractivity contribution is 0.552. The fourth-order valence-corrected chi connectivity index (χ4v) is 4.87. The fourth-order valence-electron chi connectivity index (χ4n) is 2.36. The van der Waals surface area contributed by atoms with Gasteiger partial charge in [0.05, 0.1) is 4.90 Å². The van der Waals surface area contributed by atoms with Gasteiger partial charge in [0.25, 0.3) is 0 Å². The SMILES string of the molecule is CCNCc1ccc(S(=O)(=O)NCC2(C)CCCS2)cc1. The van der Waals surface area contributed by atoms with Crippen molar-refractivity contribution in [3.05, 3.63) is 29.8 Å². The molecule has 1 aromatic carbocycles. The Morgan fingerprint density at radius 2 is 2.00 bits per heavy atom. The zero-order valence-corrected chi connectivity index (χ0v) is 14.3. The average Bonchev–Trinajstić information content (AvgIpc) is 2.91. The van der Waals surface area contributed by atoms with Crippen LogP contribution >= 0.6 is 11.8 Å². The normalized spacial score (nSPS) is 22.6. The van der Waals surface area contributed by atoms with Gasteiger partial charge >= 0.3 is 0 Å². The molecule has 1 aliphatic heterocycles. The quantitative estimate of drug-likeness (QED) is 0.807. The molecule has 0 aliphatic carbocycles. The molecular weight excluding hydrogens is 304 g/mol. The van der Waals surface area contributed by atoms with Crippen molar-refractivity contribution >= 4 is 21.8 Å². The molecule has 0 spiro atoms. The molecule has 1 atom stereocenters. The Morgan fingerprint density at radius 3 is 2.57 bits per heavy atom. The highest BCUT2D eigenvalue weighted by Gasteiger charge is 2.31. The van der Waals surface area contributed by atoms with Crippen LogP contribution in [0.4, 0.5) is 0 Å². The number of benzene rings is 1. The Balaban J connectivity index is 1.98. The highest BCUT2D eigenvalue weighted by atomic mass is 32.2. The van der Waals surface area contributed by atoms with Gasteiger partial charge in [-0.2, -0.15) is 11.8 Å². The molecule has 1 aromatic rings. The number of sulfonamides is 1. The summed E-state index contributed by atoms with van der Waals surface area (Å²) in [5.41, 5.74) is 1.09. The van der Waals surface area contributed by atoms with Crippen molar-refractivity contribution in [1.29, 1.82) is 0 Å². The topological polar surface area (TPSA) is 58.2 Å². The van der Waals surface area contributed by atoms with E-state index in [1.165, 1.54) is 6.42 Å². The minimum Gasteiger partial charge on any atom is -0.313 e. The van der Waals surface area contributed by atoms with Crippen molar-refractivity contribution in [3.63, 3.8) is 0 Å². The van der Waals surface area contributed by atoms with E-state index in [-0.39, 0.29) is 4.75 Å². The molecule has 0 amide bonds. The van der Waals surface area contributed by atoms with E-state index in [0.717, 1.165) is 30.8 Å². The maximum absolute atomic E-state index is 12.3. The highest BCUT2D eigenvalue weighted by Crippen LogP contribution is 2.37. The molecule has 6 heteroatoms. The Bertz CT molecular complexity index is 550. The van der Waals surface area contributed by atoms with E-state index >= 15 is 0 Å². The molecule has 2 rings (SSSR count). The third-order valence-electron chi connectivity index (χ3n) is 3.75. The zero-order chi connectivity index (χ0) is 15.3. The summed E-state index contributed by atoms with van der Waals surface area (Å²) in [6.45, 7) is 6.34. The number of hydrogen-bond donors (Lipinski definition) is 2. The molecule has 1 saturated heterocycles. The van der Waals surface area contributed by atoms with Crippen molar-refractivity contribution < 1.29 is 8.42 Å². The summed E-state index contributed by atoms with van der Waals surface area (Å²) in [5, 5.41) is 3.22. The first-order valence-electron chi connectivity index (χ1n) is 7.38. The predicted molar refractivity (Wildman–Crippen MR) is 89.1 cm³/mol. The van der Waals surface area contributed by atoms with Gasteiger partial charge in [0.15, 0.2) is 0 Å². The maximum Gasteiger partial charge on any atom is 0.240 e. The van der Waals surface area contributed by atoms with Crippen LogP contribution in [0.2, 0.25) is 0 Å². The number of hydrogen-bond acceptors (Lipinski definition) is 4. The van der Waals surface area contributed by atoms with Gasteiger partial charge in [-0.25, -0.2) is 13.1 Å². The average molecular weight is 329 g/mol. The van der Waals surface area contributed by atoms with Crippen LogP contribution in [0.3, 0.4) is 0 Å². The van der Waals surface area contributed by atoms with Crippen molar-refractivity contribution in [2.24, 2.45) is 0 Å². The van der Waals surface area contributed by atoms with Crippen LogP contribution in [-0.4, -0.2) is 32.0 Å². The first-order chi connectivity index (χ1) is 9.95. The molecule has 1 fully saturated rings. The molecule has 0 radical (unpaired) electrons. The van der Waals surface area contributed by atoms with E-state index in [1.54, 1.807) is 12.1 Å². The van der Waals surface area contributed by atoms with Gasteiger partial charge in [-0.1, -0.05) is 19.1 Å². The van der Waals surface area contributed by atoms with Crippen molar-refractivity contribution in [2.45, 2.75) is 42.9 Å². The summed E-state index contributed by atoms with van der Waals surface area (Å²) >= 11 is 1.86. The summed E-state index contributed by atoms with van der Waals surface area (Å²) in [5.74, 6) is 1.12. The molecule has 1 unspecified atom stereocenters. The summed E-state index contributed by atoms with van der Waals surface area (Å²) in [6.07, 6.45) is 2.24. The van der Waals surface area contributed by atoms with Gasteiger partial charge in [0.2, 0.25) is 10.0 Å².